The molecule has 2 heterocycles. The van der Waals surface area contributed by atoms with Gasteiger partial charge in [0, 0.05) is 18.8 Å². The Hall–Kier alpha value is -0.940. The van der Waals surface area contributed by atoms with Gasteiger partial charge in [-0.1, -0.05) is 52.4 Å². The van der Waals surface area contributed by atoms with Crippen molar-refractivity contribution in [1.82, 2.24) is 0 Å². The molecule has 6 rings (SSSR count). The lowest BCUT2D eigenvalue weighted by molar-refractivity contribution is -0.319. The summed E-state index contributed by atoms with van der Waals surface area (Å²) in [5, 5.41) is 12.1. The van der Waals surface area contributed by atoms with Crippen LogP contribution in [0.3, 0.4) is 0 Å². The summed E-state index contributed by atoms with van der Waals surface area (Å²) < 4.78 is 12.0. The predicted molar refractivity (Wildman–Crippen MR) is 135 cm³/mol. The zero-order valence-electron chi connectivity index (χ0n) is 22.5. The summed E-state index contributed by atoms with van der Waals surface area (Å²) in [5.74, 6) is 1.38. The van der Waals surface area contributed by atoms with Crippen LogP contribution in [-0.4, -0.2) is 40.8 Å². The van der Waals surface area contributed by atoms with E-state index in [1.165, 1.54) is 71.1 Å². The molecule has 0 aromatic carbocycles. The van der Waals surface area contributed by atoms with Crippen LogP contribution in [-0.2, 0) is 19.1 Å². The molecule has 0 unspecified atom stereocenters. The smallest absolute Gasteiger partial charge is 0.302 e. The summed E-state index contributed by atoms with van der Waals surface area (Å²) in [4.78, 5) is 25.6. The molecule has 6 fully saturated rings. The Labute approximate surface area is 212 Å². The molecule has 4 saturated carbocycles. The number of Topliss-reactive ketones (excluding diaryl/α,β-unsaturated/α-hetero) is 1. The second kappa shape index (κ2) is 9.42. The van der Waals surface area contributed by atoms with Gasteiger partial charge in [-0.3, -0.25) is 9.59 Å². The number of esters is 1. The Morgan fingerprint density at radius 2 is 1.80 bits per heavy atom. The van der Waals surface area contributed by atoms with Crippen molar-refractivity contribution in [1.29, 1.82) is 0 Å². The minimum absolute atomic E-state index is 0.114. The van der Waals surface area contributed by atoms with Crippen LogP contribution in [0.5, 0.6) is 0 Å². The van der Waals surface area contributed by atoms with E-state index in [4.69, 9.17) is 9.47 Å². The van der Waals surface area contributed by atoms with Gasteiger partial charge in [0.1, 0.15) is 17.8 Å². The quantitative estimate of drug-likeness (QED) is 0.335. The lowest BCUT2D eigenvalue weighted by Gasteiger charge is -2.70. The maximum absolute atomic E-state index is 13.9. The molecule has 2 saturated heterocycles. The highest BCUT2D eigenvalue weighted by atomic mass is 16.5. The summed E-state index contributed by atoms with van der Waals surface area (Å²) in [6.45, 7) is 8.28. The fourth-order valence-corrected chi connectivity index (χ4v) is 10.1. The number of ketones is 1. The van der Waals surface area contributed by atoms with Crippen molar-refractivity contribution in [2.24, 2.45) is 34.5 Å². The third-order valence-electron chi connectivity index (χ3n) is 11.7. The predicted octanol–water partition coefficient (Wildman–Crippen LogP) is 6.00. The summed E-state index contributed by atoms with van der Waals surface area (Å²) in [6.07, 6.45) is 14.8. The number of aliphatic hydroxyl groups is 1. The molecule has 10 atom stereocenters. The Morgan fingerprint density at radius 3 is 2.54 bits per heavy atom. The number of rotatable bonds is 8. The third kappa shape index (κ3) is 3.76. The van der Waals surface area contributed by atoms with Gasteiger partial charge in [-0.25, -0.2) is 0 Å². The van der Waals surface area contributed by atoms with Crippen molar-refractivity contribution in [3.05, 3.63) is 0 Å². The molecule has 6 aliphatic rings. The van der Waals surface area contributed by atoms with Gasteiger partial charge in [-0.05, 0) is 81.0 Å². The Bertz CT molecular complexity index is 826. The van der Waals surface area contributed by atoms with Gasteiger partial charge in [0.25, 0.3) is 0 Å². The molecule has 0 aromatic rings. The molecule has 198 valence electrons. The first-order chi connectivity index (χ1) is 16.7. The molecule has 4 aliphatic carbocycles. The van der Waals surface area contributed by atoms with Crippen molar-refractivity contribution < 1.29 is 24.2 Å². The van der Waals surface area contributed by atoms with Crippen LogP contribution in [0.4, 0.5) is 0 Å². The number of unbranched alkanes of at least 4 members (excludes halogenated alkanes) is 5. The number of ether oxygens (including phenoxy) is 2. The molecule has 0 radical (unpaired) electrons. The normalized spacial score (nSPS) is 48.3. The first-order valence-corrected chi connectivity index (χ1v) is 14.8. The average molecular weight is 489 g/mol. The Morgan fingerprint density at radius 1 is 1.06 bits per heavy atom. The standard InChI is InChI=1S/C30H48O5/c1-5-6-7-8-9-10-11-21-12-13-23-25-24(15-16-28(21,23)4)29-17-14-22(35-20(3)31)18-30(29,33)27(32)26(25)34-19(29)2/h19,21-26,33H,5-18H2,1-4H3/t19-,21+,22+,23+,24+,25+,26-,28-,29+,30+/m1/s1. The lowest BCUT2D eigenvalue weighted by Crippen LogP contribution is -2.80. The highest BCUT2D eigenvalue weighted by molar-refractivity contribution is 5.95. The van der Waals surface area contributed by atoms with Crippen LogP contribution < -0.4 is 0 Å². The van der Waals surface area contributed by atoms with Crippen molar-refractivity contribution in [3.8, 4) is 0 Å². The molecule has 2 bridgehead atoms. The van der Waals surface area contributed by atoms with E-state index in [0.717, 1.165) is 12.3 Å². The average Bonchev–Trinajstić information content (AvgIpc) is 3.14. The van der Waals surface area contributed by atoms with E-state index < -0.39 is 17.1 Å². The fourth-order valence-electron chi connectivity index (χ4n) is 10.1. The van der Waals surface area contributed by atoms with Crippen LogP contribution in [0.2, 0.25) is 0 Å². The van der Waals surface area contributed by atoms with E-state index in [-0.39, 0.29) is 36.3 Å². The largest absolute Gasteiger partial charge is 0.462 e. The van der Waals surface area contributed by atoms with E-state index in [2.05, 4.69) is 20.8 Å². The molecule has 5 heteroatoms. The van der Waals surface area contributed by atoms with Crippen molar-refractivity contribution >= 4 is 11.8 Å². The number of carbonyl (C=O) groups excluding carboxylic acids is 2. The minimum atomic E-state index is -1.43. The zero-order valence-corrected chi connectivity index (χ0v) is 22.5. The zero-order chi connectivity index (χ0) is 25.0. The van der Waals surface area contributed by atoms with Gasteiger partial charge >= 0.3 is 5.97 Å². The van der Waals surface area contributed by atoms with Gasteiger partial charge < -0.3 is 14.6 Å². The van der Waals surface area contributed by atoms with Crippen molar-refractivity contribution in [2.75, 3.05) is 0 Å². The lowest BCUT2D eigenvalue weighted by atomic mass is 9.39. The van der Waals surface area contributed by atoms with Crippen molar-refractivity contribution in [3.63, 3.8) is 0 Å². The van der Waals surface area contributed by atoms with Gasteiger partial charge in [0.2, 0.25) is 0 Å². The van der Waals surface area contributed by atoms with Gasteiger partial charge in [0.05, 0.1) is 6.10 Å². The Balaban J connectivity index is 1.35. The first kappa shape index (κ1) is 25.7. The second-order valence-electron chi connectivity index (χ2n) is 13.1. The van der Waals surface area contributed by atoms with E-state index in [1.807, 2.05) is 0 Å². The summed E-state index contributed by atoms with van der Waals surface area (Å²) in [7, 11) is 0. The van der Waals surface area contributed by atoms with Crippen LogP contribution >= 0.6 is 0 Å². The van der Waals surface area contributed by atoms with Crippen LogP contribution in [0.1, 0.15) is 118 Å². The fraction of sp³-hybridized carbons (Fsp3) is 0.933. The number of hydrogen-bond acceptors (Lipinski definition) is 5. The van der Waals surface area contributed by atoms with E-state index in [0.29, 0.717) is 30.1 Å². The second-order valence-corrected chi connectivity index (χ2v) is 13.1. The molecule has 5 nitrogen and oxygen atoms in total. The molecular formula is C30H48O5. The molecule has 1 N–H and O–H groups in total. The summed E-state index contributed by atoms with van der Waals surface area (Å²) in [6, 6.07) is 0. The van der Waals surface area contributed by atoms with E-state index >= 15 is 0 Å². The van der Waals surface area contributed by atoms with Crippen LogP contribution in [0, 0.1) is 34.5 Å². The van der Waals surface area contributed by atoms with Crippen molar-refractivity contribution in [2.45, 2.75) is 141 Å². The summed E-state index contributed by atoms with van der Waals surface area (Å²) >= 11 is 0. The topological polar surface area (TPSA) is 72.8 Å². The van der Waals surface area contributed by atoms with E-state index in [1.54, 1.807) is 0 Å². The first-order valence-electron chi connectivity index (χ1n) is 14.8. The van der Waals surface area contributed by atoms with Crippen LogP contribution in [0.25, 0.3) is 0 Å². The number of hydrogen-bond donors (Lipinski definition) is 1. The van der Waals surface area contributed by atoms with Gasteiger partial charge in [0.15, 0.2) is 5.78 Å². The molecule has 2 aliphatic heterocycles. The molecular weight excluding hydrogens is 440 g/mol. The summed E-state index contributed by atoms with van der Waals surface area (Å²) in [5.41, 5.74) is -1.68. The minimum Gasteiger partial charge on any atom is -0.462 e. The molecule has 1 spiro atoms. The van der Waals surface area contributed by atoms with Crippen LogP contribution in [0.15, 0.2) is 0 Å². The highest BCUT2D eigenvalue weighted by Gasteiger charge is 2.77. The maximum atomic E-state index is 13.9. The third-order valence-corrected chi connectivity index (χ3v) is 11.7. The monoisotopic (exact) mass is 488 g/mol. The Kier molecular flexibility index (Phi) is 6.92. The van der Waals surface area contributed by atoms with Gasteiger partial charge in [-0.15, -0.1) is 0 Å². The highest BCUT2D eigenvalue weighted by Crippen LogP contribution is 2.72. The molecule has 0 amide bonds. The maximum Gasteiger partial charge on any atom is 0.302 e. The molecule has 0 aromatic heterocycles. The number of fused-ring (bicyclic) bond motifs is 2. The number of carbonyl (C=O) groups is 2. The van der Waals surface area contributed by atoms with Gasteiger partial charge in [-0.2, -0.15) is 0 Å². The van der Waals surface area contributed by atoms with E-state index in [9.17, 15) is 14.7 Å². The molecule has 35 heavy (non-hydrogen) atoms. The SMILES string of the molecule is CCCCCCCC[C@H]1CC[C@H]2[C@@H]3[C@H]4O[C@H](C)[C@@]5(CC[C@H](OC(C)=O)C[C@]5(O)C4=O)[C@H]3CC[C@]12C.